The van der Waals surface area contributed by atoms with Gasteiger partial charge in [-0.05, 0) is 46.3 Å². The van der Waals surface area contributed by atoms with Gasteiger partial charge in [0.15, 0.2) is 0 Å². The lowest BCUT2D eigenvalue weighted by Gasteiger charge is -2.08. The predicted molar refractivity (Wildman–Crippen MR) is 73.3 cm³/mol. The maximum Gasteiger partial charge on any atom is 0.336 e. The van der Waals surface area contributed by atoms with Gasteiger partial charge < -0.3 is 10.4 Å². The highest BCUT2D eigenvalue weighted by Crippen LogP contribution is 2.23. The number of halogens is 1. The summed E-state index contributed by atoms with van der Waals surface area (Å²) in [5, 5.41) is 20.8. The Bertz CT molecular complexity index is 680. The number of pyridine rings is 1. The molecule has 0 atom stereocenters. The largest absolute Gasteiger partial charge is 0.478 e. The number of hydrogen-bond acceptors (Lipinski definition) is 4. The van der Waals surface area contributed by atoms with E-state index in [0.29, 0.717) is 21.5 Å². The van der Waals surface area contributed by atoms with Crippen LogP contribution in [0.15, 0.2) is 41.0 Å². The third kappa shape index (κ3) is 3.09. The van der Waals surface area contributed by atoms with E-state index in [2.05, 4.69) is 26.2 Å². The van der Waals surface area contributed by atoms with E-state index >= 15 is 0 Å². The molecule has 2 aromatic rings. The molecule has 0 fully saturated rings. The Hall–Kier alpha value is -2.39. The summed E-state index contributed by atoms with van der Waals surface area (Å²) in [5.74, 6) is -1.01. The Morgan fingerprint density at radius 1 is 1.32 bits per heavy atom. The van der Waals surface area contributed by atoms with Crippen LogP contribution < -0.4 is 5.32 Å². The summed E-state index contributed by atoms with van der Waals surface area (Å²) >= 11 is 3.18. The summed E-state index contributed by atoms with van der Waals surface area (Å²) in [6, 6.07) is 10.1. The maximum atomic E-state index is 11.0. The number of nitrogens with one attached hydrogen (secondary N) is 1. The average Bonchev–Trinajstić information content (AvgIpc) is 2.41. The molecule has 0 spiro atoms. The van der Waals surface area contributed by atoms with E-state index in [1.165, 1.54) is 12.3 Å². The minimum atomic E-state index is -1.01. The highest BCUT2D eigenvalue weighted by Gasteiger charge is 2.09. The van der Waals surface area contributed by atoms with E-state index in [1.54, 1.807) is 24.3 Å². The molecule has 0 amide bonds. The van der Waals surface area contributed by atoms with Gasteiger partial charge in [-0.25, -0.2) is 9.78 Å². The zero-order chi connectivity index (χ0) is 13.8. The summed E-state index contributed by atoms with van der Waals surface area (Å²) in [7, 11) is 0. The van der Waals surface area contributed by atoms with Crippen LogP contribution in [0.4, 0.5) is 11.4 Å². The van der Waals surface area contributed by atoms with Gasteiger partial charge in [0.1, 0.15) is 11.8 Å². The SMILES string of the molecule is N#Cc1cc(Nc2ccc(Br)c(C(=O)O)c2)ccn1. The molecule has 1 aromatic heterocycles. The van der Waals surface area contributed by atoms with Crippen molar-refractivity contribution in [1.29, 1.82) is 5.26 Å². The molecule has 1 heterocycles. The van der Waals surface area contributed by atoms with Gasteiger partial charge in [0.25, 0.3) is 0 Å². The van der Waals surface area contributed by atoms with E-state index in [-0.39, 0.29) is 5.56 Å². The third-order valence-electron chi connectivity index (χ3n) is 2.36. The third-order valence-corrected chi connectivity index (χ3v) is 3.05. The minimum Gasteiger partial charge on any atom is -0.478 e. The van der Waals surface area contributed by atoms with Crippen LogP contribution in [0, 0.1) is 11.3 Å². The van der Waals surface area contributed by atoms with Gasteiger partial charge in [0, 0.05) is 22.0 Å². The van der Waals surface area contributed by atoms with Crippen molar-refractivity contribution in [2.45, 2.75) is 0 Å². The minimum absolute atomic E-state index is 0.166. The number of nitrogens with zero attached hydrogens (tertiary/aromatic N) is 2. The number of rotatable bonds is 3. The Kier molecular flexibility index (Phi) is 3.78. The first-order chi connectivity index (χ1) is 9.10. The average molecular weight is 318 g/mol. The second-order valence-corrected chi connectivity index (χ2v) is 4.52. The number of carbonyl (C=O) groups is 1. The Morgan fingerprint density at radius 3 is 2.74 bits per heavy atom. The van der Waals surface area contributed by atoms with Crippen molar-refractivity contribution in [1.82, 2.24) is 4.98 Å². The zero-order valence-corrected chi connectivity index (χ0v) is 11.2. The molecular weight excluding hydrogens is 310 g/mol. The summed E-state index contributed by atoms with van der Waals surface area (Å²) < 4.78 is 0.512. The number of hydrogen-bond donors (Lipinski definition) is 2. The fourth-order valence-electron chi connectivity index (χ4n) is 1.50. The molecule has 1 aromatic carbocycles. The van der Waals surface area contributed by atoms with Gasteiger partial charge in [-0.15, -0.1) is 0 Å². The fraction of sp³-hybridized carbons (Fsp3) is 0. The molecule has 0 unspecified atom stereocenters. The molecule has 0 saturated heterocycles. The number of carboxylic acids is 1. The van der Waals surface area contributed by atoms with E-state index < -0.39 is 5.97 Å². The molecule has 2 rings (SSSR count). The van der Waals surface area contributed by atoms with E-state index in [0.717, 1.165) is 0 Å². The summed E-state index contributed by atoms with van der Waals surface area (Å²) in [6.45, 7) is 0. The van der Waals surface area contributed by atoms with Gasteiger partial charge in [-0.1, -0.05) is 0 Å². The molecule has 19 heavy (non-hydrogen) atoms. The van der Waals surface area contributed by atoms with Crippen molar-refractivity contribution in [3.63, 3.8) is 0 Å². The summed E-state index contributed by atoms with van der Waals surface area (Å²) in [4.78, 5) is 14.9. The second-order valence-electron chi connectivity index (χ2n) is 3.67. The van der Waals surface area contributed by atoms with Gasteiger partial charge in [-0.2, -0.15) is 5.26 Å². The lowest BCUT2D eigenvalue weighted by Crippen LogP contribution is -1.99. The molecule has 94 valence electrons. The first-order valence-electron chi connectivity index (χ1n) is 5.26. The van der Waals surface area contributed by atoms with E-state index in [4.69, 9.17) is 10.4 Å². The molecule has 5 nitrogen and oxygen atoms in total. The second kappa shape index (κ2) is 5.50. The Morgan fingerprint density at radius 2 is 2.05 bits per heavy atom. The van der Waals surface area contributed by atoms with Crippen molar-refractivity contribution < 1.29 is 9.90 Å². The maximum absolute atomic E-state index is 11.0. The quantitative estimate of drug-likeness (QED) is 0.908. The van der Waals surface area contributed by atoms with Crippen molar-refractivity contribution >= 4 is 33.3 Å². The number of aromatic carboxylic acids is 1. The summed E-state index contributed by atoms with van der Waals surface area (Å²) in [6.07, 6.45) is 1.51. The van der Waals surface area contributed by atoms with Crippen LogP contribution in [-0.2, 0) is 0 Å². The van der Waals surface area contributed by atoms with Crippen LogP contribution in [0.5, 0.6) is 0 Å². The fourth-order valence-corrected chi connectivity index (χ4v) is 1.92. The monoisotopic (exact) mass is 317 g/mol. The smallest absolute Gasteiger partial charge is 0.336 e. The van der Waals surface area contributed by atoms with Gasteiger partial charge in [0.05, 0.1) is 5.56 Å². The molecule has 6 heteroatoms. The van der Waals surface area contributed by atoms with Crippen molar-refractivity contribution in [2.75, 3.05) is 5.32 Å². The molecule has 0 aliphatic heterocycles. The first kappa shape index (κ1) is 13.1. The van der Waals surface area contributed by atoms with Crippen LogP contribution in [0.2, 0.25) is 0 Å². The predicted octanol–water partition coefficient (Wildman–Crippen LogP) is 3.16. The zero-order valence-electron chi connectivity index (χ0n) is 9.59. The number of aromatic nitrogens is 1. The van der Waals surface area contributed by atoms with Crippen LogP contribution in [0.3, 0.4) is 0 Å². The van der Waals surface area contributed by atoms with Crippen molar-refractivity contribution in [3.8, 4) is 6.07 Å². The topological polar surface area (TPSA) is 86.0 Å². The van der Waals surface area contributed by atoms with Crippen molar-refractivity contribution in [2.24, 2.45) is 0 Å². The lowest BCUT2D eigenvalue weighted by molar-refractivity contribution is 0.0696. The van der Waals surface area contributed by atoms with Gasteiger partial charge in [-0.3, -0.25) is 0 Å². The molecule has 0 saturated carbocycles. The van der Waals surface area contributed by atoms with Crippen LogP contribution in [0.25, 0.3) is 0 Å². The van der Waals surface area contributed by atoms with Crippen LogP contribution in [0.1, 0.15) is 16.1 Å². The van der Waals surface area contributed by atoms with Gasteiger partial charge >= 0.3 is 5.97 Å². The first-order valence-corrected chi connectivity index (χ1v) is 6.05. The molecule has 0 aliphatic carbocycles. The molecule has 2 N–H and O–H groups in total. The summed E-state index contributed by atoms with van der Waals surface area (Å²) in [5.41, 5.74) is 1.75. The lowest BCUT2D eigenvalue weighted by atomic mass is 10.2. The van der Waals surface area contributed by atoms with Crippen LogP contribution in [-0.4, -0.2) is 16.1 Å². The van der Waals surface area contributed by atoms with Gasteiger partial charge in [0.2, 0.25) is 0 Å². The molecular formula is C13H8BrN3O2. The molecule has 0 radical (unpaired) electrons. The Labute approximate surface area is 117 Å². The standard InChI is InChI=1S/C13H8BrN3O2/c14-12-2-1-8(6-11(12)13(18)19)17-9-3-4-16-10(5-9)7-15/h1-6H,(H,16,17)(H,18,19). The number of nitriles is 1. The number of benzene rings is 1. The highest BCUT2D eigenvalue weighted by atomic mass is 79.9. The number of anilines is 2. The Balaban J connectivity index is 2.31. The normalized spacial score (nSPS) is 9.68. The molecule has 0 aliphatic rings. The molecule has 0 bridgehead atoms. The van der Waals surface area contributed by atoms with Crippen molar-refractivity contribution in [3.05, 3.63) is 52.3 Å². The van der Waals surface area contributed by atoms with E-state index in [9.17, 15) is 4.79 Å². The van der Waals surface area contributed by atoms with E-state index in [1.807, 2.05) is 6.07 Å². The highest BCUT2D eigenvalue weighted by molar-refractivity contribution is 9.10. The number of carboxylic acid groups (broad SMARTS) is 1. The van der Waals surface area contributed by atoms with Crippen LogP contribution >= 0.6 is 15.9 Å².